The van der Waals surface area contributed by atoms with Gasteiger partial charge in [0.25, 0.3) is 6.71 Å². The van der Waals surface area contributed by atoms with Crippen molar-refractivity contribution in [3.63, 3.8) is 0 Å². The maximum Gasteiger partial charge on any atom is 0.252 e. The van der Waals surface area contributed by atoms with Gasteiger partial charge in [-0.1, -0.05) is 342 Å². The van der Waals surface area contributed by atoms with Crippen LogP contribution in [0.5, 0.6) is 0 Å². The molecule has 0 aromatic heterocycles. The van der Waals surface area contributed by atoms with Gasteiger partial charge in [0.2, 0.25) is 0 Å². The van der Waals surface area contributed by atoms with Crippen molar-refractivity contribution >= 4 is 78.8 Å². The zero-order chi connectivity index (χ0) is 66.1. The van der Waals surface area contributed by atoms with E-state index in [2.05, 4.69) is 395 Å². The fourth-order valence-corrected chi connectivity index (χ4v) is 16.0. The first-order valence-corrected chi connectivity index (χ1v) is 34.6. The minimum atomic E-state index is -0.289. The molecule has 2 aliphatic heterocycles. The quantitative estimate of drug-likeness (QED) is 0.0941. The Bertz CT molecular complexity index is 5520. The lowest BCUT2D eigenvalue weighted by Gasteiger charge is -2.46. The van der Waals surface area contributed by atoms with Crippen LogP contribution in [0.15, 0.2) is 364 Å². The fraction of sp³-hybridized carbons (Fsp3) is 0.0417. The zero-order valence-electron chi connectivity index (χ0n) is 55.6. The lowest BCUT2D eigenvalue weighted by Crippen LogP contribution is -2.61. The van der Waals surface area contributed by atoms with Crippen LogP contribution in [0.4, 0.5) is 34.1 Å². The van der Waals surface area contributed by atoms with Gasteiger partial charge >= 0.3 is 0 Å². The highest BCUT2D eigenvalue weighted by Gasteiger charge is 2.46. The second-order valence-corrected chi connectivity index (χ2v) is 27.4. The first-order valence-electron chi connectivity index (χ1n) is 34.6. The second kappa shape index (κ2) is 24.4. The highest BCUT2D eigenvalue weighted by Crippen LogP contribution is 2.55. The highest BCUT2D eigenvalue weighted by molar-refractivity contribution is 7.00. The van der Waals surface area contributed by atoms with Crippen LogP contribution >= 0.6 is 0 Å². The number of para-hydroxylation sites is 2. The average Bonchev–Trinajstić information content (AvgIpc) is 0.695. The van der Waals surface area contributed by atoms with Gasteiger partial charge in [0.05, 0.1) is 11.4 Å². The summed E-state index contributed by atoms with van der Waals surface area (Å²) in [5.74, 6) is 0. The largest absolute Gasteiger partial charge is 0.310 e. The van der Waals surface area contributed by atoms with Crippen molar-refractivity contribution in [3.8, 4) is 100 Å². The Kier molecular flexibility index (Phi) is 14.6. The van der Waals surface area contributed by atoms with Crippen LogP contribution in [0, 0.1) is 0 Å². The average molecular weight is 1260 g/mol. The number of anilines is 6. The van der Waals surface area contributed by atoms with Gasteiger partial charge in [-0.2, -0.15) is 0 Å². The smallest absolute Gasteiger partial charge is 0.252 e. The molecule has 0 aliphatic carbocycles. The third-order valence-electron chi connectivity index (χ3n) is 20.6. The van der Waals surface area contributed by atoms with E-state index in [1.54, 1.807) is 0 Å². The summed E-state index contributed by atoms with van der Waals surface area (Å²) in [6.45, 7) is 6.93. The normalized spacial score (nSPS) is 12.3. The molecular formula is C96H69BN2. The summed E-state index contributed by atoms with van der Waals surface area (Å²) in [6, 6.07) is 136. The molecule has 18 rings (SSSR count). The molecule has 0 unspecified atom stereocenters. The van der Waals surface area contributed by atoms with Gasteiger partial charge in [0.15, 0.2) is 0 Å². The Balaban J connectivity index is 0.972. The van der Waals surface area contributed by atoms with E-state index in [1.807, 2.05) is 0 Å². The van der Waals surface area contributed by atoms with E-state index in [4.69, 9.17) is 0 Å². The summed E-state index contributed by atoms with van der Waals surface area (Å²) < 4.78 is 0. The van der Waals surface area contributed by atoms with Gasteiger partial charge in [0.1, 0.15) is 0 Å². The standard InChI is InChI=1S/C96H69BN2/c1-96(2,3)76-62-89-93-90(63-76)99(95-79(69-41-21-9-22-42-69)51-30-52-80(95)70-43-23-10-24-44-70)88-61-72(91-81-45-25-27-47-83(81)92(84-48-28-26-46-82(84)91)75-58-73(65-33-13-5-14-34-65)57-74(59-75)66-35-15-6-16-36-66)53-55-85(88)97(93)86-60-71(64-31-11-4-12-32-64)54-56-87(86)98(89)94-77(67-37-17-7-18-38-67)49-29-50-78(94)68-39-19-8-20-40-68/h4-63H,1-3H3. The van der Waals surface area contributed by atoms with Crippen molar-refractivity contribution in [1.29, 1.82) is 0 Å². The van der Waals surface area contributed by atoms with Crippen molar-refractivity contribution in [2.75, 3.05) is 9.80 Å². The molecule has 0 fully saturated rings. The van der Waals surface area contributed by atoms with Crippen LogP contribution in [-0.2, 0) is 5.41 Å². The van der Waals surface area contributed by atoms with Gasteiger partial charge in [-0.15, -0.1) is 0 Å². The topological polar surface area (TPSA) is 6.48 Å². The first-order chi connectivity index (χ1) is 48.8. The summed E-state index contributed by atoms with van der Waals surface area (Å²) >= 11 is 0. The molecule has 2 nitrogen and oxygen atoms in total. The van der Waals surface area contributed by atoms with Crippen LogP contribution in [0.1, 0.15) is 26.3 Å². The summed E-state index contributed by atoms with van der Waals surface area (Å²) in [5.41, 5.74) is 32.7. The minimum Gasteiger partial charge on any atom is -0.310 e. The maximum atomic E-state index is 2.71. The molecule has 0 atom stereocenters. The van der Waals surface area contributed by atoms with Crippen molar-refractivity contribution in [3.05, 3.63) is 370 Å². The number of rotatable bonds is 11. The third kappa shape index (κ3) is 10.3. The molecule has 0 spiro atoms. The number of hydrogen-bond donors (Lipinski definition) is 0. The van der Waals surface area contributed by atoms with Gasteiger partial charge < -0.3 is 9.80 Å². The highest BCUT2D eigenvalue weighted by atomic mass is 15.2. The fourth-order valence-electron chi connectivity index (χ4n) is 16.0. The Hall–Kier alpha value is -12.3. The summed E-state index contributed by atoms with van der Waals surface area (Å²) in [4.78, 5) is 5.37. The lowest BCUT2D eigenvalue weighted by molar-refractivity contribution is 0.590. The molecular weight excluding hydrogens is 1190 g/mol. The zero-order valence-corrected chi connectivity index (χ0v) is 55.6. The molecule has 16 aromatic carbocycles. The van der Waals surface area contributed by atoms with Crippen LogP contribution in [0.2, 0.25) is 0 Å². The maximum absolute atomic E-state index is 2.71. The molecule has 2 aliphatic rings. The Morgan fingerprint density at radius 3 is 0.949 bits per heavy atom. The molecule has 99 heavy (non-hydrogen) atoms. The molecule has 3 heteroatoms. The Morgan fingerprint density at radius 1 is 0.222 bits per heavy atom. The van der Waals surface area contributed by atoms with Gasteiger partial charge in [-0.25, -0.2) is 0 Å². The van der Waals surface area contributed by atoms with E-state index in [9.17, 15) is 0 Å². The van der Waals surface area contributed by atoms with Crippen LogP contribution in [0.25, 0.3) is 122 Å². The van der Waals surface area contributed by atoms with Crippen molar-refractivity contribution < 1.29 is 0 Å². The lowest BCUT2D eigenvalue weighted by atomic mass is 9.33. The molecule has 0 amide bonds. The second-order valence-electron chi connectivity index (χ2n) is 27.4. The number of hydrogen-bond acceptors (Lipinski definition) is 2. The van der Waals surface area contributed by atoms with E-state index >= 15 is 0 Å². The van der Waals surface area contributed by atoms with Crippen molar-refractivity contribution in [1.82, 2.24) is 0 Å². The summed E-state index contributed by atoms with van der Waals surface area (Å²) in [6.07, 6.45) is 0. The van der Waals surface area contributed by atoms with Gasteiger partial charge in [0, 0.05) is 45.0 Å². The predicted octanol–water partition coefficient (Wildman–Crippen LogP) is 24.4. The monoisotopic (exact) mass is 1260 g/mol. The first kappa shape index (κ1) is 59.2. The van der Waals surface area contributed by atoms with Gasteiger partial charge in [-0.3, -0.25) is 0 Å². The van der Waals surface area contributed by atoms with E-state index in [1.165, 1.54) is 99.3 Å². The number of benzene rings is 16. The summed E-state index contributed by atoms with van der Waals surface area (Å²) in [5, 5.41) is 4.81. The molecule has 466 valence electrons. The van der Waals surface area contributed by atoms with Gasteiger partial charge in [-0.05, 0) is 169 Å². The molecule has 0 saturated carbocycles. The minimum absolute atomic E-state index is 0.209. The van der Waals surface area contributed by atoms with Crippen molar-refractivity contribution in [2.45, 2.75) is 26.2 Å². The van der Waals surface area contributed by atoms with E-state index in [0.29, 0.717) is 0 Å². The number of fused-ring (bicyclic) bond motifs is 6. The summed E-state index contributed by atoms with van der Waals surface area (Å²) in [7, 11) is 0. The molecule has 0 radical (unpaired) electrons. The molecule has 2 heterocycles. The molecule has 0 N–H and O–H groups in total. The Morgan fingerprint density at radius 2 is 0.556 bits per heavy atom. The van der Waals surface area contributed by atoms with E-state index in [-0.39, 0.29) is 12.1 Å². The molecule has 0 saturated heterocycles. The van der Waals surface area contributed by atoms with E-state index < -0.39 is 0 Å². The predicted molar refractivity (Wildman–Crippen MR) is 423 cm³/mol. The molecule has 16 aromatic rings. The van der Waals surface area contributed by atoms with Crippen LogP contribution in [-0.4, -0.2) is 6.71 Å². The van der Waals surface area contributed by atoms with E-state index in [0.717, 1.165) is 78.5 Å². The van der Waals surface area contributed by atoms with Crippen LogP contribution < -0.4 is 26.2 Å². The molecule has 0 bridgehead atoms. The SMILES string of the molecule is CC(C)(C)c1cc2c3c(c1)N(c1c(-c4ccccc4)cccc1-c1ccccc1)c1cc(-c4c5ccccc5c(-c5cc(-c6ccccc6)cc(-c6ccccc6)c5)c5ccccc45)ccc1B3c1cc(-c3ccccc3)ccc1N2c1c(-c2ccccc2)cccc1-c1ccccc1. The number of nitrogens with zero attached hydrogens (tertiary/aromatic N) is 2. The Labute approximate surface area is 580 Å². The third-order valence-corrected chi connectivity index (χ3v) is 20.6. The van der Waals surface area contributed by atoms with Crippen molar-refractivity contribution in [2.24, 2.45) is 0 Å². The van der Waals surface area contributed by atoms with Crippen LogP contribution in [0.3, 0.4) is 0 Å².